The van der Waals surface area contributed by atoms with E-state index in [1.54, 1.807) is 6.07 Å². The molecule has 0 bridgehead atoms. The van der Waals surface area contributed by atoms with Gasteiger partial charge in [-0.2, -0.15) is 8.78 Å². The minimum Gasteiger partial charge on any atom is -0.481 e. The Hall–Kier alpha value is -2.87. The van der Waals surface area contributed by atoms with Gasteiger partial charge in [0.2, 0.25) is 6.79 Å². The largest absolute Gasteiger partial charge is 0.481 e. The first-order valence-corrected chi connectivity index (χ1v) is 8.87. The van der Waals surface area contributed by atoms with Crippen LogP contribution in [0.2, 0.25) is 0 Å². The summed E-state index contributed by atoms with van der Waals surface area (Å²) >= 11 is 0. The monoisotopic (exact) mass is 393 g/mol. The molecule has 3 rings (SSSR count). The Morgan fingerprint density at radius 2 is 1.89 bits per heavy atom. The smallest absolute Gasteiger partial charge is 0.387 e. The van der Waals surface area contributed by atoms with Gasteiger partial charge < -0.3 is 24.6 Å². The van der Waals surface area contributed by atoms with E-state index in [9.17, 15) is 13.6 Å². The van der Waals surface area contributed by atoms with Crippen molar-refractivity contribution in [3.8, 4) is 17.2 Å². The molecule has 0 fully saturated rings. The van der Waals surface area contributed by atoms with E-state index >= 15 is 0 Å². The molecule has 2 N–H and O–H groups in total. The molecule has 150 valence electrons. The number of rotatable bonds is 10. The fraction of sp³-hybridized carbons (Fsp3) is 0.350. The summed E-state index contributed by atoms with van der Waals surface area (Å²) in [5.74, 6) is -0.0669. The lowest BCUT2D eigenvalue weighted by molar-refractivity contribution is -0.137. The highest BCUT2D eigenvalue weighted by atomic mass is 19.3. The fourth-order valence-electron chi connectivity index (χ4n) is 3.04. The summed E-state index contributed by atoms with van der Waals surface area (Å²) in [6, 6.07) is 12.5. The van der Waals surface area contributed by atoms with Gasteiger partial charge in [0.25, 0.3) is 0 Å². The second-order valence-corrected chi connectivity index (χ2v) is 6.39. The third kappa shape index (κ3) is 5.56. The number of halogens is 2. The van der Waals surface area contributed by atoms with E-state index in [0.717, 1.165) is 5.56 Å². The Morgan fingerprint density at radius 1 is 1.18 bits per heavy atom. The zero-order valence-corrected chi connectivity index (χ0v) is 15.1. The van der Waals surface area contributed by atoms with Gasteiger partial charge in [0.05, 0.1) is 0 Å². The van der Waals surface area contributed by atoms with Gasteiger partial charge in [-0.1, -0.05) is 30.3 Å². The number of carboxylic acids is 1. The molecule has 1 atom stereocenters. The Morgan fingerprint density at radius 3 is 2.57 bits per heavy atom. The standard InChI is InChI=1S/C20H21F2NO5/c21-20(22)28-16-10-18-17(26-12-27-18)9-14(16)11-23-15(6-7-19(24)25)8-13-4-2-1-3-5-13/h1-5,9-10,15,20,23H,6-8,11-12H2,(H,24,25). The van der Waals surface area contributed by atoms with E-state index in [0.29, 0.717) is 29.9 Å². The molecular formula is C20H21F2NO5. The van der Waals surface area contributed by atoms with Gasteiger partial charge in [-0.3, -0.25) is 4.79 Å². The second-order valence-electron chi connectivity index (χ2n) is 6.39. The van der Waals surface area contributed by atoms with Gasteiger partial charge in [0.1, 0.15) is 5.75 Å². The molecule has 1 unspecified atom stereocenters. The minimum absolute atomic E-state index is 0.00319. The summed E-state index contributed by atoms with van der Waals surface area (Å²) in [4.78, 5) is 11.0. The van der Waals surface area contributed by atoms with Crippen LogP contribution in [0.1, 0.15) is 24.0 Å². The normalized spacial score (nSPS) is 13.5. The maximum Gasteiger partial charge on any atom is 0.387 e. The number of benzene rings is 2. The highest BCUT2D eigenvalue weighted by molar-refractivity contribution is 5.66. The zero-order valence-electron chi connectivity index (χ0n) is 15.1. The highest BCUT2D eigenvalue weighted by Crippen LogP contribution is 2.38. The summed E-state index contributed by atoms with van der Waals surface area (Å²) in [6.07, 6.45) is 1.02. The van der Waals surface area contributed by atoms with Crippen molar-refractivity contribution in [2.45, 2.75) is 38.5 Å². The van der Waals surface area contributed by atoms with Crippen LogP contribution in [0.4, 0.5) is 8.78 Å². The fourth-order valence-corrected chi connectivity index (χ4v) is 3.04. The number of hydrogen-bond acceptors (Lipinski definition) is 5. The van der Waals surface area contributed by atoms with E-state index in [2.05, 4.69) is 10.1 Å². The van der Waals surface area contributed by atoms with Crippen LogP contribution in [0, 0.1) is 0 Å². The summed E-state index contributed by atoms with van der Waals surface area (Å²) in [7, 11) is 0. The predicted octanol–water partition coefficient (Wildman–Crippen LogP) is 3.58. The number of hydrogen-bond donors (Lipinski definition) is 2. The first-order chi connectivity index (χ1) is 13.5. The molecule has 1 aliphatic rings. The van der Waals surface area contributed by atoms with E-state index in [4.69, 9.17) is 14.6 Å². The third-order valence-corrected chi connectivity index (χ3v) is 4.38. The van der Waals surface area contributed by atoms with Crippen molar-refractivity contribution < 1.29 is 32.9 Å². The van der Waals surface area contributed by atoms with Crippen molar-refractivity contribution >= 4 is 5.97 Å². The Labute approximate surface area is 161 Å². The van der Waals surface area contributed by atoms with Crippen LogP contribution in [-0.4, -0.2) is 30.5 Å². The minimum atomic E-state index is -2.97. The molecule has 6 nitrogen and oxygen atoms in total. The van der Waals surface area contributed by atoms with Crippen LogP contribution < -0.4 is 19.5 Å². The van der Waals surface area contributed by atoms with Crippen molar-refractivity contribution in [2.24, 2.45) is 0 Å². The maximum absolute atomic E-state index is 12.8. The third-order valence-electron chi connectivity index (χ3n) is 4.38. The van der Waals surface area contributed by atoms with Crippen LogP contribution in [0.25, 0.3) is 0 Å². The number of nitrogens with one attached hydrogen (secondary N) is 1. The van der Waals surface area contributed by atoms with Crippen LogP contribution in [0.15, 0.2) is 42.5 Å². The first-order valence-electron chi connectivity index (χ1n) is 8.87. The quantitative estimate of drug-likeness (QED) is 0.643. The number of alkyl halides is 2. The molecule has 1 aliphatic heterocycles. The van der Waals surface area contributed by atoms with Gasteiger partial charge in [-0.25, -0.2) is 0 Å². The highest BCUT2D eigenvalue weighted by Gasteiger charge is 2.21. The topological polar surface area (TPSA) is 77.0 Å². The summed E-state index contributed by atoms with van der Waals surface area (Å²) < 4.78 is 40.7. The molecule has 0 saturated carbocycles. The molecule has 0 aliphatic carbocycles. The first kappa shape index (κ1) is 19.9. The van der Waals surface area contributed by atoms with Gasteiger partial charge in [-0.05, 0) is 24.5 Å². The van der Waals surface area contributed by atoms with Crippen LogP contribution in [0.5, 0.6) is 17.2 Å². The van der Waals surface area contributed by atoms with Gasteiger partial charge in [-0.15, -0.1) is 0 Å². The Bertz CT molecular complexity index is 801. The van der Waals surface area contributed by atoms with Gasteiger partial charge in [0, 0.05) is 30.6 Å². The molecule has 8 heteroatoms. The lowest BCUT2D eigenvalue weighted by atomic mass is 10.0. The molecule has 28 heavy (non-hydrogen) atoms. The van der Waals surface area contributed by atoms with Crippen molar-refractivity contribution in [3.63, 3.8) is 0 Å². The molecule has 0 aromatic heterocycles. The molecule has 2 aromatic carbocycles. The van der Waals surface area contributed by atoms with Crippen LogP contribution in [-0.2, 0) is 17.8 Å². The average Bonchev–Trinajstić information content (AvgIpc) is 3.11. The van der Waals surface area contributed by atoms with Crippen LogP contribution in [0.3, 0.4) is 0 Å². The number of carbonyl (C=O) groups is 1. The second kappa shape index (κ2) is 9.36. The summed E-state index contributed by atoms with van der Waals surface area (Å²) in [5.41, 5.74) is 1.54. The van der Waals surface area contributed by atoms with Crippen molar-refractivity contribution in [2.75, 3.05) is 6.79 Å². The van der Waals surface area contributed by atoms with E-state index in [1.807, 2.05) is 30.3 Å². The molecule has 1 heterocycles. The van der Waals surface area contributed by atoms with Crippen molar-refractivity contribution in [3.05, 3.63) is 53.6 Å². The Kier molecular flexibility index (Phi) is 6.65. The Balaban J connectivity index is 1.73. The van der Waals surface area contributed by atoms with Crippen molar-refractivity contribution in [1.29, 1.82) is 0 Å². The molecule has 0 saturated heterocycles. The SMILES string of the molecule is O=C(O)CCC(Cc1ccccc1)NCc1cc2c(cc1OC(F)F)OCO2. The zero-order chi connectivity index (χ0) is 19.9. The summed E-state index contributed by atoms with van der Waals surface area (Å²) in [6.45, 7) is -2.72. The van der Waals surface area contributed by atoms with Crippen LogP contribution >= 0.6 is 0 Å². The lowest BCUT2D eigenvalue weighted by Crippen LogP contribution is -2.31. The summed E-state index contributed by atoms with van der Waals surface area (Å²) in [5, 5.41) is 12.3. The lowest BCUT2D eigenvalue weighted by Gasteiger charge is -2.20. The molecule has 2 aromatic rings. The molecular weight excluding hydrogens is 372 g/mol. The number of carboxylic acid groups (broad SMARTS) is 1. The predicted molar refractivity (Wildman–Crippen MR) is 96.8 cm³/mol. The van der Waals surface area contributed by atoms with Gasteiger partial charge in [0.15, 0.2) is 11.5 Å². The van der Waals surface area contributed by atoms with Crippen molar-refractivity contribution in [1.82, 2.24) is 5.32 Å². The van der Waals surface area contributed by atoms with E-state index < -0.39 is 12.6 Å². The number of aliphatic carboxylic acids is 1. The number of fused-ring (bicyclic) bond motifs is 1. The molecule has 0 amide bonds. The number of ether oxygens (including phenoxy) is 3. The molecule has 0 radical (unpaired) electrons. The molecule has 0 spiro atoms. The van der Waals surface area contributed by atoms with Gasteiger partial charge >= 0.3 is 12.6 Å². The average molecular weight is 393 g/mol. The van der Waals surface area contributed by atoms with E-state index in [1.165, 1.54) is 6.07 Å². The van der Waals surface area contributed by atoms with E-state index in [-0.39, 0.29) is 31.5 Å². The maximum atomic E-state index is 12.8.